The molecule has 5 nitrogen and oxygen atoms in total. The number of hydrogen-bond acceptors (Lipinski definition) is 5. The maximum atomic E-state index is 5.87. The van der Waals surface area contributed by atoms with Crippen molar-refractivity contribution >= 4 is 17.3 Å². The van der Waals surface area contributed by atoms with Gasteiger partial charge < -0.3 is 15.4 Å². The highest BCUT2D eigenvalue weighted by atomic mass is 35.5. The predicted octanol–water partition coefficient (Wildman–Crippen LogP) is 2.38. The minimum atomic E-state index is -0.233. The van der Waals surface area contributed by atoms with Gasteiger partial charge in [-0.25, -0.2) is 0 Å². The molecule has 0 saturated carbocycles. The zero-order valence-electron chi connectivity index (χ0n) is 8.64. The molecule has 0 amide bonds. The molecule has 84 valence electrons. The third-order valence-electron chi connectivity index (χ3n) is 2.01. The van der Waals surface area contributed by atoms with E-state index in [4.69, 9.17) is 16.3 Å². The quantitative estimate of drug-likeness (QED) is 0.795. The van der Waals surface area contributed by atoms with Gasteiger partial charge in [0.2, 0.25) is 6.29 Å². The standard InChI is InChI=1S/C10H11ClN4O/c1-16-9-3-2-7(11)6-8(9)14-15-10-12-4-5-13-10/h2-6,10,12-13H,1H3/b15-14+. The number of hydrogen-bond donors (Lipinski definition) is 2. The van der Waals surface area contributed by atoms with Crippen molar-refractivity contribution in [2.75, 3.05) is 7.11 Å². The number of benzene rings is 1. The van der Waals surface area contributed by atoms with Crippen LogP contribution >= 0.6 is 11.6 Å². The lowest BCUT2D eigenvalue weighted by Crippen LogP contribution is -2.27. The van der Waals surface area contributed by atoms with Crippen molar-refractivity contribution in [3.8, 4) is 5.75 Å². The third-order valence-corrected chi connectivity index (χ3v) is 2.25. The Hall–Kier alpha value is -1.75. The molecule has 1 aromatic carbocycles. The number of rotatable bonds is 3. The van der Waals surface area contributed by atoms with E-state index >= 15 is 0 Å². The maximum absolute atomic E-state index is 5.87. The highest BCUT2D eigenvalue weighted by molar-refractivity contribution is 6.30. The lowest BCUT2D eigenvalue weighted by atomic mass is 10.3. The van der Waals surface area contributed by atoms with Crippen molar-refractivity contribution in [2.45, 2.75) is 6.29 Å². The summed E-state index contributed by atoms with van der Waals surface area (Å²) in [6, 6.07) is 5.20. The summed E-state index contributed by atoms with van der Waals surface area (Å²) in [5.74, 6) is 0.638. The summed E-state index contributed by atoms with van der Waals surface area (Å²) in [7, 11) is 1.58. The van der Waals surface area contributed by atoms with Crippen LogP contribution in [0.2, 0.25) is 5.02 Å². The number of halogens is 1. The molecule has 0 aromatic heterocycles. The molecule has 2 rings (SSSR count). The molecule has 2 N–H and O–H groups in total. The molecule has 0 fully saturated rings. The van der Waals surface area contributed by atoms with Crippen LogP contribution in [-0.2, 0) is 0 Å². The van der Waals surface area contributed by atoms with Gasteiger partial charge in [0.25, 0.3) is 0 Å². The van der Waals surface area contributed by atoms with E-state index in [2.05, 4.69) is 20.9 Å². The predicted molar refractivity (Wildman–Crippen MR) is 61.7 cm³/mol. The van der Waals surface area contributed by atoms with Crippen LogP contribution in [-0.4, -0.2) is 13.4 Å². The van der Waals surface area contributed by atoms with Gasteiger partial charge >= 0.3 is 0 Å². The Kier molecular flexibility index (Phi) is 3.26. The molecular formula is C10H11ClN4O. The molecule has 0 radical (unpaired) electrons. The van der Waals surface area contributed by atoms with Crippen molar-refractivity contribution in [2.24, 2.45) is 10.2 Å². The Morgan fingerprint density at radius 3 is 2.75 bits per heavy atom. The van der Waals surface area contributed by atoms with Gasteiger partial charge in [0.05, 0.1) is 7.11 Å². The Morgan fingerprint density at radius 2 is 2.06 bits per heavy atom. The second-order valence-electron chi connectivity index (χ2n) is 3.10. The summed E-state index contributed by atoms with van der Waals surface area (Å²) in [6.45, 7) is 0. The Bertz CT molecular complexity index is 425. The summed E-state index contributed by atoms with van der Waals surface area (Å²) < 4.78 is 5.15. The van der Waals surface area contributed by atoms with E-state index in [0.717, 1.165) is 0 Å². The number of methoxy groups -OCH3 is 1. The van der Waals surface area contributed by atoms with E-state index in [1.165, 1.54) is 0 Å². The maximum Gasteiger partial charge on any atom is 0.213 e. The monoisotopic (exact) mass is 238 g/mol. The summed E-state index contributed by atoms with van der Waals surface area (Å²) in [5.41, 5.74) is 0.602. The Labute approximate surface area is 98.2 Å². The number of azo groups is 1. The van der Waals surface area contributed by atoms with Crippen molar-refractivity contribution in [1.82, 2.24) is 10.6 Å². The largest absolute Gasteiger partial charge is 0.494 e. The van der Waals surface area contributed by atoms with Gasteiger partial charge in [-0.2, -0.15) is 0 Å². The van der Waals surface area contributed by atoms with Gasteiger partial charge in [-0.15, -0.1) is 10.2 Å². The molecule has 1 aliphatic rings. The van der Waals surface area contributed by atoms with E-state index in [1.807, 2.05) is 0 Å². The van der Waals surface area contributed by atoms with Gasteiger partial charge in [-0.1, -0.05) is 11.6 Å². The highest BCUT2D eigenvalue weighted by Crippen LogP contribution is 2.30. The molecule has 1 aromatic rings. The second-order valence-corrected chi connectivity index (χ2v) is 3.54. The van der Waals surface area contributed by atoms with E-state index in [1.54, 1.807) is 37.7 Å². The molecule has 0 spiro atoms. The van der Waals surface area contributed by atoms with Gasteiger partial charge in [-0.05, 0) is 18.2 Å². The Morgan fingerprint density at radius 1 is 1.31 bits per heavy atom. The molecule has 1 aliphatic heterocycles. The van der Waals surface area contributed by atoms with E-state index < -0.39 is 0 Å². The van der Waals surface area contributed by atoms with E-state index in [9.17, 15) is 0 Å². The van der Waals surface area contributed by atoms with Gasteiger partial charge in [0, 0.05) is 17.4 Å². The first-order valence-corrected chi connectivity index (χ1v) is 5.09. The molecule has 0 saturated heterocycles. The van der Waals surface area contributed by atoms with Gasteiger partial charge in [0.15, 0.2) is 0 Å². The van der Waals surface area contributed by atoms with Crippen LogP contribution in [0.25, 0.3) is 0 Å². The zero-order valence-corrected chi connectivity index (χ0v) is 9.40. The molecule has 0 bridgehead atoms. The highest BCUT2D eigenvalue weighted by Gasteiger charge is 2.06. The average molecular weight is 239 g/mol. The lowest BCUT2D eigenvalue weighted by molar-refractivity contribution is 0.415. The van der Waals surface area contributed by atoms with Crippen LogP contribution in [0.5, 0.6) is 5.75 Å². The molecule has 0 aliphatic carbocycles. The number of nitrogens with one attached hydrogen (secondary N) is 2. The number of nitrogens with zero attached hydrogens (tertiary/aromatic N) is 2. The Balaban J connectivity index is 2.15. The van der Waals surface area contributed by atoms with Crippen molar-refractivity contribution < 1.29 is 4.74 Å². The first-order valence-electron chi connectivity index (χ1n) is 4.71. The van der Waals surface area contributed by atoms with Crippen LogP contribution in [0.3, 0.4) is 0 Å². The van der Waals surface area contributed by atoms with E-state index in [-0.39, 0.29) is 6.29 Å². The molecule has 0 unspecified atom stereocenters. The van der Waals surface area contributed by atoms with Crippen LogP contribution in [0.1, 0.15) is 0 Å². The summed E-state index contributed by atoms with van der Waals surface area (Å²) in [6.07, 6.45) is 3.29. The fourth-order valence-corrected chi connectivity index (χ4v) is 1.42. The summed E-state index contributed by atoms with van der Waals surface area (Å²) in [4.78, 5) is 0. The molecule has 1 heterocycles. The SMILES string of the molecule is COc1ccc(Cl)cc1/N=N/C1NC=CN1. The normalized spacial score (nSPS) is 15.1. The van der Waals surface area contributed by atoms with Crippen molar-refractivity contribution in [1.29, 1.82) is 0 Å². The van der Waals surface area contributed by atoms with E-state index in [0.29, 0.717) is 16.5 Å². The van der Waals surface area contributed by atoms with Gasteiger partial charge in [0.1, 0.15) is 11.4 Å². The van der Waals surface area contributed by atoms with Gasteiger partial charge in [-0.3, -0.25) is 0 Å². The van der Waals surface area contributed by atoms with Crippen LogP contribution in [0.4, 0.5) is 5.69 Å². The molecule has 6 heteroatoms. The van der Waals surface area contributed by atoms with Crippen molar-refractivity contribution in [3.05, 3.63) is 35.6 Å². The first kappa shape index (κ1) is 10.8. The fraction of sp³-hybridized carbons (Fsp3) is 0.200. The minimum absolute atomic E-state index is 0.233. The fourth-order valence-electron chi connectivity index (χ4n) is 1.25. The topological polar surface area (TPSA) is 58.0 Å². The van der Waals surface area contributed by atoms with Crippen LogP contribution in [0, 0.1) is 0 Å². The average Bonchev–Trinajstić information content (AvgIpc) is 2.79. The van der Waals surface area contributed by atoms with Crippen LogP contribution < -0.4 is 15.4 Å². The molecule has 0 atom stereocenters. The first-order chi connectivity index (χ1) is 7.79. The number of ether oxygens (including phenoxy) is 1. The second kappa shape index (κ2) is 4.85. The molecular weight excluding hydrogens is 228 g/mol. The van der Waals surface area contributed by atoms with Crippen LogP contribution in [0.15, 0.2) is 40.8 Å². The smallest absolute Gasteiger partial charge is 0.213 e. The minimum Gasteiger partial charge on any atom is -0.494 e. The van der Waals surface area contributed by atoms with Crippen molar-refractivity contribution in [3.63, 3.8) is 0 Å². The molecule has 16 heavy (non-hydrogen) atoms. The zero-order chi connectivity index (χ0) is 11.4. The summed E-state index contributed by atoms with van der Waals surface area (Å²) >= 11 is 5.87. The summed E-state index contributed by atoms with van der Waals surface area (Å²) in [5, 5.41) is 14.6. The third kappa shape index (κ3) is 2.43. The lowest BCUT2D eigenvalue weighted by Gasteiger charge is -2.06.